The first kappa shape index (κ1) is 10.5. The monoisotopic (exact) mass is 298 g/mol. The Kier molecular flexibility index (Phi) is 3.21. The second-order valence-electron chi connectivity index (χ2n) is 3.30. The average molecular weight is 300 g/mol. The van der Waals surface area contributed by atoms with Crippen LogP contribution in [0.4, 0.5) is 0 Å². The molecule has 4 heteroatoms. The highest BCUT2D eigenvalue weighted by molar-refractivity contribution is 9.10. The minimum Gasteiger partial charge on any atom is -0.465 e. The Bertz CT molecular complexity index is 181. The lowest BCUT2D eigenvalue weighted by atomic mass is 9.81. The number of alkyl halides is 2. The summed E-state index contributed by atoms with van der Waals surface area (Å²) in [5, 5.41) is 0. The van der Waals surface area contributed by atoms with E-state index in [9.17, 15) is 4.79 Å². The molecule has 0 aromatic rings. The van der Waals surface area contributed by atoms with Crippen molar-refractivity contribution in [2.24, 2.45) is 5.41 Å². The predicted molar refractivity (Wildman–Crippen MR) is 54.8 cm³/mol. The molecular formula is C8H12Br2O2. The first-order valence-electron chi connectivity index (χ1n) is 3.93. The fourth-order valence-corrected chi connectivity index (χ4v) is 3.15. The Balaban J connectivity index is 2.81. The summed E-state index contributed by atoms with van der Waals surface area (Å²) in [5.74, 6) is -0.0902. The van der Waals surface area contributed by atoms with Gasteiger partial charge in [0.15, 0.2) is 0 Å². The number of hydrogen-bond donors (Lipinski definition) is 0. The summed E-state index contributed by atoms with van der Waals surface area (Å²) in [4.78, 5) is 11.6. The Hall–Kier alpha value is 0.430. The van der Waals surface area contributed by atoms with Gasteiger partial charge in [0.05, 0.1) is 13.0 Å². The fraction of sp³-hybridized carbons (Fsp3) is 0.875. The molecular weight excluding hydrogens is 288 g/mol. The lowest BCUT2D eigenvalue weighted by Gasteiger charge is -2.31. The van der Waals surface area contributed by atoms with Gasteiger partial charge in [0.1, 0.15) is 0 Å². The van der Waals surface area contributed by atoms with Crippen LogP contribution >= 0.6 is 31.9 Å². The minimum atomic E-state index is -0.0902. The van der Waals surface area contributed by atoms with Crippen molar-refractivity contribution in [3.05, 3.63) is 0 Å². The van der Waals surface area contributed by atoms with Crippen molar-refractivity contribution in [3.63, 3.8) is 0 Å². The molecule has 0 N–H and O–H groups in total. The van der Waals surface area contributed by atoms with Gasteiger partial charge >= 0.3 is 5.97 Å². The van der Waals surface area contributed by atoms with Crippen molar-refractivity contribution in [2.75, 3.05) is 6.61 Å². The number of carbonyl (C=O) groups is 1. The summed E-state index contributed by atoms with van der Waals surface area (Å²) in [6.07, 6.45) is 0.506. The van der Waals surface area contributed by atoms with Crippen LogP contribution in [0.2, 0.25) is 0 Å². The molecule has 0 aromatic heterocycles. The molecule has 0 saturated carbocycles. The number of halogens is 2. The van der Waals surface area contributed by atoms with Crippen molar-refractivity contribution in [1.82, 2.24) is 0 Å². The van der Waals surface area contributed by atoms with Gasteiger partial charge < -0.3 is 4.74 Å². The quantitative estimate of drug-likeness (QED) is 0.578. The van der Waals surface area contributed by atoms with Crippen molar-refractivity contribution in [3.8, 4) is 0 Å². The van der Waals surface area contributed by atoms with Crippen LogP contribution in [0.3, 0.4) is 0 Å². The Labute approximate surface area is 89.3 Å². The zero-order chi connectivity index (χ0) is 9.35. The van der Waals surface area contributed by atoms with Gasteiger partial charge in [0.25, 0.3) is 0 Å². The highest BCUT2D eigenvalue weighted by atomic mass is 79.9. The van der Waals surface area contributed by atoms with E-state index in [0.29, 0.717) is 13.0 Å². The van der Waals surface area contributed by atoms with E-state index in [2.05, 4.69) is 45.7 Å². The number of hydrogen-bond acceptors (Lipinski definition) is 2. The molecule has 2 atom stereocenters. The molecule has 0 radical (unpaired) electrons. The van der Waals surface area contributed by atoms with E-state index in [4.69, 9.17) is 4.74 Å². The van der Waals surface area contributed by atoms with Crippen LogP contribution in [0.1, 0.15) is 20.3 Å². The van der Waals surface area contributed by atoms with E-state index in [0.717, 1.165) is 0 Å². The maximum Gasteiger partial charge on any atom is 0.306 e. The molecule has 1 heterocycles. The molecule has 1 aliphatic rings. The highest BCUT2D eigenvalue weighted by Crippen LogP contribution is 2.43. The number of esters is 1. The topological polar surface area (TPSA) is 26.3 Å². The standard InChI is InChI=1S/C8H12Br2O2/c1-5(9)8(6(2)10)3-7(11)12-4-8/h5-6H,3-4H2,1-2H3. The predicted octanol–water partition coefficient (Wildman–Crippen LogP) is 2.49. The number of cyclic esters (lactones) is 1. The minimum absolute atomic E-state index is 0.0723. The molecule has 0 amide bonds. The molecule has 1 rings (SSSR count). The summed E-state index contributed by atoms with van der Waals surface area (Å²) < 4.78 is 4.99. The van der Waals surface area contributed by atoms with Crippen LogP contribution in [0.15, 0.2) is 0 Å². The molecule has 0 aliphatic carbocycles. The molecule has 70 valence electrons. The normalized spacial score (nSPS) is 34.5. The maximum absolute atomic E-state index is 11.0. The molecule has 2 nitrogen and oxygen atoms in total. The van der Waals surface area contributed by atoms with Gasteiger partial charge in [-0.25, -0.2) is 0 Å². The zero-order valence-corrected chi connectivity index (χ0v) is 10.3. The average Bonchev–Trinajstić information content (AvgIpc) is 2.32. The van der Waals surface area contributed by atoms with Gasteiger partial charge in [-0.15, -0.1) is 0 Å². The van der Waals surface area contributed by atoms with Gasteiger partial charge in [-0.2, -0.15) is 0 Å². The summed E-state index contributed by atoms with van der Waals surface area (Å²) >= 11 is 7.05. The maximum atomic E-state index is 11.0. The fourth-order valence-electron chi connectivity index (χ4n) is 1.41. The van der Waals surface area contributed by atoms with Crippen molar-refractivity contribution < 1.29 is 9.53 Å². The Morgan fingerprint density at radius 3 is 2.08 bits per heavy atom. The summed E-state index contributed by atoms with van der Waals surface area (Å²) in [7, 11) is 0. The van der Waals surface area contributed by atoms with E-state index in [1.54, 1.807) is 0 Å². The lowest BCUT2D eigenvalue weighted by Crippen LogP contribution is -2.37. The van der Waals surface area contributed by atoms with E-state index >= 15 is 0 Å². The zero-order valence-electron chi connectivity index (χ0n) is 7.14. The van der Waals surface area contributed by atoms with Crippen LogP contribution in [-0.4, -0.2) is 22.2 Å². The van der Waals surface area contributed by atoms with Gasteiger partial charge in [-0.3, -0.25) is 4.79 Å². The van der Waals surface area contributed by atoms with E-state index in [-0.39, 0.29) is 21.0 Å². The van der Waals surface area contributed by atoms with Gasteiger partial charge in [-0.1, -0.05) is 45.7 Å². The van der Waals surface area contributed by atoms with Gasteiger partial charge in [-0.05, 0) is 0 Å². The third-order valence-corrected chi connectivity index (χ3v) is 4.38. The smallest absolute Gasteiger partial charge is 0.306 e. The van der Waals surface area contributed by atoms with Crippen molar-refractivity contribution in [1.29, 1.82) is 0 Å². The number of rotatable bonds is 2. The lowest BCUT2D eigenvalue weighted by molar-refractivity contribution is -0.137. The van der Waals surface area contributed by atoms with Crippen molar-refractivity contribution >= 4 is 37.8 Å². The van der Waals surface area contributed by atoms with Gasteiger partial charge in [0, 0.05) is 15.1 Å². The van der Waals surface area contributed by atoms with Crippen molar-refractivity contribution in [2.45, 2.75) is 29.9 Å². The number of carbonyl (C=O) groups excluding carboxylic acids is 1. The molecule has 1 aliphatic heterocycles. The summed E-state index contributed by atoms with van der Waals surface area (Å²) in [6, 6.07) is 0. The third kappa shape index (κ3) is 1.69. The molecule has 12 heavy (non-hydrogen) atoms. The first-order valence-corrected chi connectivity index (χ1v) is 5.76. The van der Waals surface area contributed by atoms with Crippen LogP contribution in [0, 0.1) is 5.41 Å². The number of ether oxygens (including phenoxy) is 1. The van der Waals surface area contributed by atoms with Crippen LogP contribution in [0.25, 0.3) is 0 Å². The van der Waals surface area contributed by atoms with E-state index in [1.807, 2.05) is 0 Å². The molecule has 2 unspecified atom stereocenters. The molecule has 0 spiro atoms. The largest absolute Gasteiger partial charge is 0.465 e. The second kappa shape index (κ2) is 3.66. The summed E-state index contributed by atoms with van der Waals surface area (Å²) in [5.41, 5.74) is -0.0723. The van der Waals surface area contributed by atoms with Gasteiger partial charge in [0.2, 0.25) is 0 Å². The van der Waals surface area contributed by atoms with Crippen LogP contribution in [0.5, 0.6) is 0 Å². The highest BCUT2D eigenvalue weighted by Gasteiger charge is 2.47. The molecule has 1 saturated heterocycles. The molecule has 0 aromatic carbocycles. The van der Waals surface area contributed by atoms with E-state index in [1.165, 1.54) is 0 Å². The van der Waals surface area contributed by atoms with E-state index < -0.39 is 0 Å². The van der Waals surface area contributed by atoms with Crippen LogP contribution < -0.4 is 0 Å². The third-order valence-electron chi connectivity index (χ3n) is 2.56. The Morgan fingerprint density at radius 2 is 1.92 bits per heavy atom. The molecule has 0 bridgehead atoms. The SMILES string of the molecule is CC(Br)C1(C(C)Br)COC(=O)C1. The summed E-state index contributed by atoms with van der Waals surface area (Å²) in [6.45, 7) is 4.63. The molecule has 1 fully saturated rings. The first-order chi connectivity index (χ1) is 5.49. The van der Waals surface area contributed by atoms with Crippen LogP contribution in [-0.2, 0) is 9.53 Å². The second-order valence-corrected chi connectivity index (χ2v) is 6.05. The Morgan fingerprint density at radius 1 is 1.42 bits per heavy atom.